The Kier molecular flexibility index (Phi) is 4.29. The van der Waals surface area contributed by atoms with Crippen LogP contribution in [-0.4, -0.2) is 47.8 Å². The van der Waals surface area contributed by atoms with Gasteiger partial charge < -0.3 is 14.7 Å². The normalized spacial score (nSPS) is 22.6. The van der Waals surface area contributed by atoms with Gasteiger partial charge in [-0.2, -0.15) is 0 Å². The van der Waals surface area contributed by atoms with Crippen LogP contribution in [0.25, 0.3) is 0 Å². The molecule has 1 fully saturated rings. The molecular weight excluding hydrogens is 280 g/mol. The second-order valence-corrected chi connectivity index (χ2v) is 5.99. The predicted octanol–water partition coefficient (Wildman–Crippen LogP) is 2.48. The van der Waals surface area contributed by atoms with Crippen molar-refractivity contribution in [1.82, 2.24) is 4.90 Å². The number of urea groups is 1. The van der Waals surface area contributed by atoms with E-state index in [0.29, 0.717) is 18.1 Å². The zero-order valence-electron chi connectivity index (χ0n) is 11.5. The lowest BCUT2D eigenvalue weighted by molar-refractivity contribution is -0.0389. The van der Waals surface area contributed by atoms with Gasteiger partial charge in [0.15, 0.2) is 0 Å². The van der Waals surface area contributed by atoms with E-state index < -0.39 is 5.97 Å². The number of carbonyl (C=O) groups excluding carboxylic acids is 1. The topological polar surface area (TPSA) is 78.9 Å². The first kappa shape index (κ1) is 14.8. The first-order chi connectivity index (χ1) is 9.45. The number of methoxy groups -OCH3 is 1. The summed E-state index contributed by atoms with van der Waals surface area (Å²) >= 11 is 1.21. The largest absolute Gasteiger partial charge is 0.478 e. The molecule has 110 valence electrons. The van der Waals surface area contributed by atoms with Crippen molar-refractivity contribution in [2.45, 2.75) is 25.4 Å². The van der Waals surface area contributed by atoms with Gasteiger partial charge in [0.05, 0.1) is 17.7 Å². The number of nitrogens with one attached hydrogen (secondary N) is 1. The minimum Gasteiger partial charge on any atom is -0.478 e. The van der Waals surface area contributed by atoms with Gasteiger partial charge in [0.25, 0.3) is 0 Å². The van der Waals surface area contributed by atoms with Gasteiger partial charge in [0.1, 0.15) is 5.00 Å². The Hall–Kier alpha value is -1.60. The highest BCUT2D eigenvalue weighted by atomic mass is 32.1. The summed E-state index contributed by atoms with van der Waals surface area (Å²) in [5, 5.41) is 13.7. The molecule has 0 bridgehead atoms. The maximum Gasteiger partial charge on any atom is 0.338 e. The van der Waals surface area contributed by atoms with Gasteiger partial charge in [-0.25, -0.2) is 9.59 Å². The third-order valence-electron chi connectivity index (χ3n) is 3.56. The van der Waals surface area contributed by atoms with E-state index in [1.165, 1.54) is 17.4 Å². The number of hydrogen-bond acceptors (Lipinski definition) is 4. The molecule has 2 amide bonds. The average molecular weight is 298 g/mol. The molecule has 2 N–H and O–H groups in total. The lowest BCUT2D eigenvalue weighted by Gasteiger charge is -2.39. The molecule has 0 aromatic carbocycles. The lowest BCUT2D eigenvalue weighted by atomic mass is 9.95. The highest BCUT2D eigenvalue weighted by Gasteiger charge is 2.33. The maximum atomic E-state index is 12.2. The highest BCUT2D eigenvalue weighted by Crippen LogP contribution is 2.26. The van der Waals surface area contributed by atoms with Crippen LogP contribution in [0.1, 0.15) is 30.1 Å². The molecule has 1 atom stereocenters. The van der Waals surface area contributed by atoms with E-state index >= 15 is 0 Å². The fourth-order valence-corrected chi connectivity index (χ4v) is 3.07. The Morgan fingerprint density at radius 3 is 2.95 bits per heavy atom. The number of thiophene rings is 1. The monoisotopic (exact) mass is 298 g/mol. The number of aromatic carboxylic acids is 1. The second-order valence-electron chi connectivity index (χ2n) is 5.08. The molecule has 1 unspecified atom stereocenters. The van der Waals surface area contributed by atoms with E-state index in [0.717, 1.165) is 12.8 Å². The van der Waals surface area contributed by atoms with E-state index in [-0.39, 0.29) is 17.2 Å². The molecule has 6 nitrogen and oxygen atoms in total. The first-order valence-corrected chi connectivity index (χ1v) is 7.25. The van der Waals surface area contributed by atoms with Crippen LogP contribution in [0.3, 0.4) is 0 Å². The Labute approximate surface area is 121 Å². The van der Waals surface area contributed by atoms with Gasteiger partial charge >= 0.3 is 12.0 Å². The molecule has 0 spiro atoms. The van der Waals surface area contributed by atoms with Crippen LogP contribution < -0.4 is 5.32 Å². The van der Waals surface area contributed by atoms with Crippen molar-refractivity contribution >= 4 is 28.3 Å². The Morgan fingerprint density at radius 1 is 1.55 bits per heavy atom. The summed E-state index contributed by atoms with van der Waals surface area (Å²) in [4.78, 5) is 24.9. The van der Waals surface area contributed by atoms with Crippen molar-refractivity contribution in [3.8, 4) is 0 Å². The molecule has 0 aliphatic carbocycles. The van der Waals surface area contributed by atoms with Crippen molar-refractivity contribution in [3.63, 3.8) is 0 Å². The standard InChI is InChI=1S/C13H18N2O4S/c1-13(19-2)5-3-6-15(8-13)12(18)14-10-9(11(16)17)4-7-20-10/h4,7H,3,5-6,8H2,1-2H3,(H,14,18)(H,16,17). The van der Waals surface area contributed by atoms with Crippen LogP contribution in [0, 0.1) is 0 Å². The van der Waals surface area contributed by atoms with Crippen LogP contribution >= 0.6 is 11.3 Å². The summed E-state index contributed by atoms with van der Waals surface area (Å²) in [6.45, 7) is 3.13. The SMILES string of the molecule is COC1(C)CCCN(C(=O)Nc2sccc2C(=O)O)C1. The summed E-state index contributed by atoms with van der Waals surface area (Å²) in [6.07, 6.45) is 1.78. The van der Waals surface area contributed by atoms with Crippen molar-refractivity contribution in [2.75, 3.05) is 25.5 Å². The van der Waals surface area contributed by atoms with Crippen molar-refractivity contribution in [3.05, 3.63) is 17.0 Å². The van der Waals surface area contributed by atoms with E-state index in [1.54, 1.807) is 17.4 Å². The smallest absolute Gasteiger partial charge is 0.338 e. The molecule has 2 heterocycles. The Bertz CT molecular complexity index is 516. The molecule has 2 rings (SSSR count). The molecule has 1 aliphatic rings. The molecule has 0 radical (unpaired) electrons. The van der Waals surface area contributed by atoms with Crippen LogP contribution in [0.4, 0.5) is 9.80 Å². The fraction of sp³-hybridized carbons (Fsp3) is 0.538. The number of hydrogen-bond donors (Lipinski definition) is 2. The van der Waals surface area contributed by atoms with E-state index in [9.17, 15) is 9.59 Å². The number of piperidine rings is 1. The molecule has 0 saturated carbocycles. The summed E-state index contributed by atoms with van der Waals surface area (Å²) in [5.41, 5.74) is -0.212. The molecular formula is C13H18N2O4S. The number of ether oxygens (including phenoxy) is 1. The van der Waals surface area contributed by atoms with Crippen molar-refractivity contribution in [2.24, 2.45) is 0 Å². The molecule has 20 heavy (non-hydrogen) atoms. The summed E-state index contributed by atoms with van der Waals surface area (Å²) in [6, 6.07) is 1.20. The average Bonchev–Trinajstić information content (AvgIpc) is 2.87. The van der Waals surface area contributed by atoms with Gasteiger partial charge in [-0.05, 0) is 31.2 Å². The molecule has 1 saturated heterocycles. The zero-order chi connectivity index (χ0) is 14.8. The molecule has 1 aromatic rings. The van der Waals surface area contributed by atoms with Crippen LogP contribution in [-0.2, 0) is 4.74 Å². The summed E-state index contributed by atoms with van der Waals surface area (Å²) < 4.78 is 5.44. The number of carboxylic acids is 1. The van der Waals surface area contributed by atoms with Crippen molar-refractivity contribution < 1.29 is 19.4 Å². The first-order valence-electron chi connectivity index (χ1n) is 6.37. The van der Waals surface area contributed by atoms with Crippen LogP contribution in [0.5, 0.6) is 0 Å². The van der Waals surface area contributed by atoms with Crippen LogP contribution in [0.15, 0.2) is 11.4 Å². The number of anilines is 1. The second kappa shape index (κ2) is 5.80. The third-order valence-corrected chi connectivity index (χ3v) is 4.38. The van der Waals surface area contributed by atoms with Gasteiger partial charge in [-0.3, -0.25) is 5.32 Å². The number of carbonyl (C=O) groups is 2. The maximum absolute atomic E-state index is 12.2. The number of likely N-dealkylation sites (tertiary alicyclic amines) is 1. The minimum absolute atomic E-state index is 0.120. The number of amides is 2. The number of carboxylic acid groups (broad SMARTS) is 1. The number of nitrogens with zero attached hydrogens (tertiary/aromatic N) is 1. The summed E-state index contributed by atoms with van der Waals surface area (Å²) in [7, 11) is 1.64. The Balaban J connectivity index is 2.05. The predicted molar refractivity (Wildman–Crippen MR) is 76.5 cm³/mol. The highest BCUT2D eigenvalue weighted by molar-refractivity contribution is 7.14. The fourth-order valence-electron chi connectivity index (χ4n) is 2.30. The van der Waals surface area contributed by atoms with Crippen molar-refractivity contribution in [1.29, 1.82) is 0 Å². The number of rotatable bonds is 3. The zero-order valence-corrected chi connectivity index (χ0v) is 12.3. The third kappa shape index (κ3) is 3.10. The lowest BCUT2D eigenvalue weighted by Crippen LogP contribution is -2.50. The molecule has 7 heteroatoms. The molecule has 1 aliphatic heterocycles. The summed E-state index contributed by atoms with van der Waals surface area (Å²) in [5.74, 6) is -1.04. The molecule has 1 aromatic heterocycles. The van der Waals surface area contributed by atoms with Gasteiger partial charge in [0.2, 0.25) is 0 Å². The van der Waals surface area contributed by atoms with E-state index in [2.05, 4.69) is 5.32 Å². The van der Waals surface area contributed by atoms with Gasteiger partial charge in [-0.1, -0.05) is 0 Å². The van der Waals surface area contributed by atoms with Gasteiger partial charge in [-0.15, -0.1) is 11.3 Å². The van der Waals surface area contributed by atoms with E-state index in [1.807, 2.05) is 6.92 Å². The minimum atomic E-state index is -1.04. The van der Waals surface area contributed by atoms with E-state index in [4.69, 9.17) is 9.84 Å². The van der Waals surface area contributed by atoms with Gasteiger partial charge in [0, 0.05) is 13.7 Å². The Morgan fingerprint density at radius 2 is 2.30 bits per heavy atom. The quantitative estimate of drug-likeness (QED) is 0.898. The van der Waals surface area contributed by atoms with Crippen LogP contribution in [0.2, 0.25) is 0 Å².